The summed E-state index contributed by atoms with van der Waals surface area (Å²) < 4.78 is 0. The van der Waals surface area contributed by atoms with E-state index >= 15 is 0 Å². The number of nitrogens with two attached hydrogens (primary N) is 1. The van der Waals surface area contributed by atoms with Crippen molar-refractivity contribution < 1.29 is 0 Å². The first-order valence-electron chi connectivity index (χ1n) is 7.09. The summed E-state index contributed by atoms with van der Waals surface area (Å²) in [5.41, 5.74) is 10.5. The number of hydrogen-bond donors (Lipinski definition) is 1. The van der Waals surface area contributed by atoms with Gasteiger partial charge < -0.3 is 5.73 Å². The fraction of sp³-hybridized carbons (Fsp3) is 0.647. The summed E-state index contributed by atoms with van der Waals surface area (Å²) in [6, 6.07) is 0. The van der Waals surface area contributed by atoms with Gasteiger partial charge in [0.05, 0.1) is 0 Å². The van der Waals surface area contributed by atoms with Crippen LogP contribution in [0.15, 0.2) is 35.1 Å². The molecule has 0 aromatic carbocycles. The summed E-state index contributed by atoms with van der Waals surface area (Å²) >= 11 is 0. The van der Waals surface area contributed by atoms with E-state index in [2.05, 4.69) is 59.8 Å². The average molecular weight is 247 g/mol. The van der Waals surface area contributed by atoms with Crippen LogP contribution in [-0.4, -0.2) is 0 Å². The molecular weight excluding hydrogens is 218 g/mol. The maximum absolute atomic E-state index is 6.25. The SMILES string of the molecule is C/C=C\[C@H](C1=C(N)CCC(C(C)(C)C)=C1)C(C)C. The molecule has 0 amide bonds. The second-order valence-electron chi connectivity index (χ2n) is 6.70. The first-order valence-corrected chi connectivity index (χ1v) is 7.09. The van der Waals surface area contributed by atoms with Crippen molar-refractivity contribution in [1.82, 2.24) is 0 Å². The molecule has 0 saturated heterocycles. The Morgan fingerprint density at radius 3 is 2.28 bits per heavy atom. The van der Waals surface area contributed by atoms with E-state index in [4.69, 9.17) is 5.73 Å². The Balaban J connectivity index is 3.15. The van der Waals surface area contributed by atoms with Crippen molar-refractivity contribution in [2.75, 3.05) is 0 Å². The van der Waals surface area contributed by atoms with Gasteiger partial charge >= 0.3 is 0 Å². The summed E-state index contributed by atoms with van der Waals surface area (Å²) in [7, 11) is 0. The zero-order chi connectivity index (χ0) is 13.9. The van der Waals surface area contributed by atoms with Gasteiger partial charge in [-0.1, -0.05) is 58.4 Å². The minimum atomic E-state index is 0.253. The molecule has 18 heavy (non-hydrogen) atoms. The number of allylic oxidation sites excluding steroid dienone is 6. The highest BCUT2D eigenvalue weighted by Crippen LogP contribution is 2.38. The molecule has 1 nitrogen and oxygen atoms in total. The molecule has 0 spiro atoms. The Bertz CT molecular complexity index is 375. The van der Waals surface area contributed by atoms with E-state index in [9.17, 15) is 0 Å². The summed E-state index contributed by atoms with van der Waals surface area (Å²) in [4.78, 5) is 0. The van der Waals surface area contributed by atoms with E-state index in [0.29, 0.717) is 11.8 Å². The minimum absolute atomic E-state index is 0.253. The third kappa shape index (κ3) is 3.51. The van der Waals surface area contributed by atoms with Crippen LogP contribution < -0.4 is 5.73 Å². The van der Waals surface area contributed by atoms with Crippen LogP contribution in [0.5, 0.6) is 0 Å². The maximum Gasteiger partial charge on any atom is 0.0122 e. The smallest absolute Gasteiger partial charge is 0.0122 e. The van der Waals surface area contributed by atoms with Crippen molar-refractivity contribution in [3.05, 3.63) is 35.1 Å². The molecule has 0 bridgehead atoms. The summed E-state index contributed by atoms with van der Waals surface area (Å²) in [5, 5.41) is 0. The van der Waals surface area contributed by atoms with Crippen LogP contribution in [0.3, 0.4) is 0 Å². The molecular formula is C17H29N. The van der Waals surface area contributed by atoms with Crippen LogP contribution in [0.25, 0.3) is 0 Å². The second-order valence-corrected chi connectivity index (χ2v) is 6.70. The third-order valence-electron chi connectivity index (χ3n) is 3.80. The van der Waals surface area contributed by atoms with Crippen LogP contribution in [0.4, 0.5) is 0 Å². The van der Waals surface area contributed by atoms with Gasteiger partial charge in [-0.3, -0.25) is 0 Å². The van der Waals surface area contributed by atoms with E-state index < -0.39 is 0 Å². The predicted octanol–water partition coefficient (Wildman–Crippen LogP) is 4.81. The highest BCUT2D eigenvalue weighted by molar-refractivity contribution is 5.38. The van der Waals surface area contributed by atoms with Crippen molar-refractivity contribution in [3.63, 3.8) is 0 Å². The molecule has 2 N–H and O–H groups in total. The molecule has 0 unspecified atom stereocenters. The zero-order valence-corrected chi connectivity index (χ0v) is 12.9. The fourth-order valence-corrected chi connectivity index (χ4v) is 2.56. The summed E-state index contributed by atoms with van der Waals surface area (Å²) in [5.74, 6) is 1.04. The average Bonchev–Trinajstić information content (AvgIpc) is 2.25. The molecule has 1 aliphatic rings. The molecule has 0 radical (unpaired) electrons. The largest absolute Gasteiger partial charge is 0.402 e. The van der Waals surface area contributed by atoms with Crippen LogP contribution in [0.1, 0.15) is 54.4 Å². The van der Waals surface area contributed by atoms with E-state index in [1.165, 1.54) is 11.1 Å². The lowest BCUT2D eigenvalue weighted by molar-refractivity contribution is 0.467. The zero-order valence-electron chi connectivity index (χ0n) is 12.9. The van der Waals surface area contributed by atoms with Gasteiger partial charge in [0.1, 0.15) is 0 Å². The Kier molecular flexibility index (Phi) is 4.84. The van der Waals surface area contributed by atoms with Crippen molar-refractivity contribution >= 4 is 0 Å². The van der Waals surface area contributed by atoms with Gasteiger partial charge in [-0.2, -0.15) is 0 Å². The van der Waals surface area contributed by atoms with Crippen molar-refractivity contribution in [2.24, 2.45) is 23.0 Å². The van der Waals surface area contributed by atoms with E-state index in [0.717, 1.165) is 18.5 Å². The highest BCUT2D eigenvalue weighted by Gasteiger charge is 2.25. The Labute approximate surface area is 113 Å². The quantitative estimate of drug-likeness (QED) is 0.711. The summed E-state index contributed by atoms with van der Waals surface area (Å²) in [6.07, 6.45) is 8.92. The van der Waals surface area contributed by atoms with Gasteiger partial charge in [0, 0.05) is 11.6 Å². The van der Waals surface area contributed by atoms with Gasteiger partial charge in [0.25, 0.3) is 0 Å². The van der Waals surface area contributed by atoms with Crippen molar-refractivity contribution in [1.29, 1.82) is 0 Å². The molecule has 0 aromatic heterocycles. The molecule has 1 aliphatic carbocycles. The van der Waals surface area contributed by atoms with Gasteiger partial charge in [-0.25, -0.2) is 0 Å². The van der Waals surface area contributed by atoms with Crippen LogP contribution in [0, 0.1) is 17.3 Å². The number of rotatable bonds is 3. The molecule has 102 valence electrons. The van der Waals surface area contributed by atoms with E-state index in [1.54, 1.807) is 0 Å². The summed E-state index contributed by atoms with van der Waals surface area (Å²) in [6.45, 7) is 13.5. The van der Waals surface area contributed by atoms with Crippen molar-refractivity contribution in [2.45, 2.75) is 54.4 Å². The first-order chi connectivity index (χ1) is 8.27. The third-order valence-corrected chi connectivity index (χ3v) is 3.80. The normalized spacial score (nSPS) is 19.6. The lowest BCUT2D eigenvalue weighted by Gasteiger charge is -2.31. The van der Waals surface area contributed by atoms with Gasteiger partial charge in [0.2, 0.25) is 0 Å². The Hall–Kier alpha value is -0.980. The van der Waals surface area contributed by atoms with E-state index in [-0.39, 0.29) is 5.41 Å². The van der Waals surface area contributed by atoms with Gasteiger partial charge in [0.15, 0.2) is 0 Å². The van der Waals surface area contributed by atoms with Crippen LogP contribution in [-0.2, 0) is 0 Å². The molecule has 0 fully saturated rings. The second kappa shape index (κ2) is 5.77. The van der Waals surface area contributed by atoms with Crippen LogP contribution in [0.2, 0.25) is 0 Å². The minimum Gasteiger partial charge on any atom is -0.402 e. The molecule has 0 saturated carbocycles. The monoisotopic (exact) mass is 247 g/mol. The molecule has 1 heteroatoms. The lowest BCUT2D eigenvalue weighted by Crippen LogP contribution is -2.20. The van der Waals surface area contributed by atoms with Gasteiger partial charge in [-0.05, 0) is 36.7 Å². The molecule has 0 heterocycles. The van der Waals surface area contributed by atoms with Crippen molar-refractivity contribution in [3.8, 4) is 0 Å². The molecule has 1 rings (SSSR count). The topological polar surface area (TPSA) is 26.0 Å². The predicted molar refractivity (Wildman–Crippen MR) is 81.1 cm³/mol. The van der Waals surface area contributed by atoms with E-state index in [1.807, 2.05) is 0 Å². The molecule has 1 atom stereocenters. The molecule has 0 aliphatic heterocycles. The maximum atomic E-state index is 6.25. The standard InChI is InChI=1S/C17H29N/c1-7-8-14(12(2)3)15-11-13(17(4,5)6)9-10-16(15)18/h7-8,11-12,14H,9-10,18H2,1-6H3/b8-7-/t14-/m0/s1. The Morgan fingerprint density at radius 1 is 1.22 bits per heavy atom. The lowest BCUT2D eigenvalue weighted by atomic mass is 9.75. The highest BCUT2D eigenvalue weighted by atomic mass is 14.6. The van der Waals surface area contributed by atoms with Crippen LogP contribution >= 0.6 is 0 Å². The fourth-order valence-electron chi connectivity index (χ4n) is 2.56. The number of hydrogen-bond acceptors (Lipinski definition) is 1. The van der Waals surface area contributed by atoms with Gasteiger partial charge in [-0.15, -0.1) is 0 Å². The first kappa shape index (κ1) is 15.1. The Morgan fingerprint density at radius 2 is 1.83 bits per heavy atom. The molecule has 0 aromatic rings.